The summed E-state index contributed by atoms with van der Waals surface area (Å²) in [5.74, 6) is 2.33. The monoisotopic (exact) mass is 383 g/mol. The smallest absolute Gasteiger partial charge is 0.231 e. The lowest BCUT2D eigenvalue weighted by atomic mass is 10.1. The van der Waals surface area contributed by atoms with Gasteiger partial charge in [0.15, 0.2) is 28.8 Å². The van der Waals surface area contributed by atoms with Crippen molar-refractivity contribution < 1.29 is 28.5 Å². The van der Waals surface area contributed by atoms with Crippen LogP contribution in [0.2, 0.25) is 0 Å². The Morgan fingerprint density at radius 1 is 0.821 bits per heavy atom. The van der Waals surface area contributed by atoms with Crippen LogP contribution in [0.4, 0.5) is 0 Å². The number of amides is 1. The molecule has 0 bridgehead atoms. The third kappa shape index (κ3) is 4.19. The van der Waals surface area contributed by atoms with Gasteiger partial charge in [0.2, 0.25) is 12.7 Å². The van der Waals surface area contributed by atoms with Crippen molar-refractivity contribution in [2.45, 2.75) is 25.8 Å². The molecule has 0 aliphatic carbocycles. The Kier molecular flexibility index (Phi) is 5.32. The number of hydrogen-bond acceptors (Lipinski definition) is 6. The van der Waals surface area contributed by atoms with Crippen molar-refractivity contribution >= 4 is 11.7 Å². The number of ketones is 1. The molecule has 7 nitrogen and oxygen atoms in total. The molecule has 0 spiro atoms. The molecule has 1 N–H and O–H groups in total. The molecule has 28 heavy (non-hydrogen) atoms. The highest BCUT2D eigenvalue weighted by molar-refractivity contribution is 5.98. The molecule has 2 aromatic carbocycles. The van der Waals surface area contributed by atoms with Gasteiger partial charge in [-0.2, -0.15) is 0 Å². The fourth-order valence-corrected chi connectivity index (χ4v) is 3.05. The number of ether oxygens (including phenoxy) is 4. The largest absolute Gasteiger partial charge is 0.490 e. The highest BCUT2D eigenvalue weighted by atomic mass is 16.7. The minimum absolute atomic E-state index is 0.103. The van der Waals surface area contributed by atoms with Crippen LogP contribution in [0.5, 0.6) is 23.0 Å². The van der Waals surface area contributed by atoms with Crippen molar-refractivity contribution in [2.24, 2.45) is 0 Å². The van der Waals surface area contributed by atoms with Crippen LogP contribution < -0.4 is 24.3 Å². The van der Waals surface area contributed by atoms with Crippen LogP contribution in [0.1, 0.15) is 35.2 Å². The number of nitrogens with one attached hydrogen (secondary N) is 1. The minimum Gasteiger partial charge on any atom is -0.490 e. The van der Waals surface area contributed by atoms with Crippen LogP contribution in [0.15, 0.2) is 36.4 Å². The van der Waals surface area contributed by atoms with Crippen molar-refractivity contribution in [1.82, 2.24) is 5.32 Å². The van der Waals surface area contributed by atoms with Gasteiger partial charge in [-0.05, 0) is 35.9 Å². The summed E-state index contributed by atoms with van der Waals surface area (Å²) < 4.78 is 21.8. The molecular formula is C21H21NO6. The fourth-order valence-electron chi connectivity index (χ4n) is 3.05. The molecule has 4 rings (SSSR count). The standard InChI is InChI=1S/C21H21NO6/c23-16(15-3-6-17-20(11-15)26-9-1-8-25-17)4-7-21(24)22-12-14-2-5-18-19(10-14)28-13-27-18/h2-3,5-6,10-11H,1,4,7-9,12-13H2,(H,22,24). The van der Waals surface area contributed by atoms with Gasteiger partial charge in [0.05, 0.1) is 13.2 Å². The van der Waals surface area contributed by atoms with Crippen molar-refractivity contribution in [2.75, 3.05) is 20.0 Å². The first-order chi connectivity index (χ1) is 13.7. The van der Waals surface area contributed by atoms with Gasteiger partial charge in [-0.3, -0.25) is 9.59 Å². The predicted molar refractivity (Wildman–Crippen MR) is 100 cm³/mol. The van der Waals surface area contributed by atoms with Crippen LogP contribution in [-0.4, -0.2) is 31.7 Å². The Hall–Kier alpha value is -3.22. The molecule has 1 amide bonds. The Balaban J connectivity index is 1.27. The van der Waals surface area contributed by atoms with E-state index in [-0.39, 0.29) is 31.3 Å². The third-order valence-electron chi connectivity index (χ3n) is 4.58. The summed E-state index contributed by atoms with van der Waals surface area (Å²) in [4.78, 5) is 24.5. The molecule has 2 heterocycles. The Bertz CT molecular complexity index is 894. The molecule has 7 heteroatoms. The number of rotatable bonds is 6. The molecule has 2 aromatic rings. The van der Waals surface area contributed by atoms with Gasteiger partial charge in [0, 0.05) is 31.4 Å². The molecule has 0 fully saturated rings. The molecule has 0 radical (unpaired) electrons. The molecule has 0 aromatic heterocycles. The zero-order chi connectivity index (χ0) is 19.3. The van der Waals surface area contributed by atoms with Crippen molar-refractivity contribution in [3.63, 3.8) is 0 Å². The summed E-state index contributed by atoms with van der Waals surface area (Å²) in [6.45, 7) is 1.75. The maximum atomic E-state index is 12.4. The number of carbonyl (C=O) groups excluding carboxylic acids is 2. The fraction of sp³-hybridized carbons (Fsp3) is 0.333. The summed E-state index contributed by atoms with van der Waals surface area (Å²) in [7, 11) is 0. The zero-order valence-corrected chi connectivity index (χ0v) is 15.4. The highest BCUT2D eigenvalue weighted by Gasteiger charge is 2.16. The Morgan fingerprint density at radius 2 is 1.54 bits per heavy atom. The van der Waals surface area contributed by atoms with Crippen LogP contribution in [0, 0.1) is 0 Å². The van der Waals surface area contributed by atoms with Gasteiger partial charge in [-0.1, -0.05) is 6.07 Å². The molecular weight excluding hydrogens is 362 g/mol. The molecule has 0 saturated heterocycles. The maximum absolute atomic E-state index is 12.4. The van der Waals surface area contributed by atoms with Crippen LogP contribution >= 0.6 is 0 Å². The van der Waals surface area contributed by atoms with E-state index in [1.807, 2.05) is 18.2 Å². The van der Waals surface area contributed by atoms with E-state index in [9.17, 15) is 9.59 Å². The van der Waals surface area contributed by atoms with Crippen molar-refractivity contribution in [3.05, 3.63) is 47.5 Å². The zero-order valence-electron chi connectivity index (χ0n) is 15.4. The van der Waals surface area contributed by atoms with E-state index in [0.717, 1.165) is 12.0 Å². The first-order valence-corrected chi connectivity index (χ1v) is 9.27. The molecule has 0 unspecified atom stereocenters. The van der Waals surface area contributed by atoms with Gasteiger partial charge in [-0.25, -0.2) is 0 Å². The third-order valence-corrected chi connectivity index (χ3v) is 4.58. The lowest BCUT2D eigenvalue weighted by Crippen LogP contribution is -2.23. The number of Topliss-reactive ketones (excluding diaryl/α,β-unsaturated/α-hetero) is 1. The molecule has 0 saturated carbocycles. The number of hydrogen-bond donors (Lipinski definition) is 1. The van der Waals surface area contributed by atoms with Crippen LogP contribution in [-0.2, 0) is 11.3 Å². The predicted octanol–water partition coefficient (Wildman–Crippen LogP) is 2.86. The summed E-state index contributed by atoms with van der Waals surface area (Å²) in [6.07, 6.45) is 1.06. The second-order valence-electron chi connectivity index (χ2n) is 6.60. The lowest BCUT2D eigenvalue weighted by molar-refractivity contribution is -0.121. The number of benzene rings is 2. The van der Waals surface area contributed by atoms with Gasteiger partial charge in [-0.15, -0.1) is 0 Å². The molecule has 2 aliphatic heterocycles. The number of carbonyl (C=O) groups is 2. The first-order valence-electron chi connectivity index (χ1n) is 9.27. The molecule has 146 valence electrons. The van der Waals surface area contributed by atoms with E-state index in [1.165, 1.54) is 0 Å². The highest BCUT2D eigenvalue weighted by Crippen LogP contribution is 2.32. The first kappa shape index (κ1) is 18.2. The Labute approximate surface area is 162 Å². The summed E-state index contributed by atoms with van der Waals surface area (Å²) in [5, 5.41) is 2.82. The van der Waals surface area contributed by atoms with Gasteiger partial charge < -0.3 is 24.3 Å². The quantitative estimate of drug-likeness (QED) is 0.773. The second-order valence-corrected chi connectivity index (χ2v) is 6.60. The van der Waals surface area contributed by atoms with Crippen molar-refractivity contribution in [1.29, 1.82) is 0 Å². The van der Waals surface area contributed by atoms with Crippen LogP contribution in [0.3, 0.4) is 0 Å². The van der Waals surface area contributed by atoms with Crippen molar-refractivity contribution in [3.8, 4) is 23.0 Å². The lowest BCUT2D eigenvalue weighted by Gasteiger charge is -2.09. The Morgan fingerprint density at radius 3 is 2.43 bits per heavy atom. The van der Waals surface area contributed by atoms with E-state index in [0.29, 0.717) is 48.3 Å². The minimum atomic E-state index is -0.180. The van der Waals surface area contributed by atoms with E-state index < -0.39 is 0 Å². The summed E-state index contributed by atoms with van der Waals surface area (Å²) >= 11 is 0. The SMILES string of the molecule is O=C(CCC(=O)c1ccc2c(c1)OCCCO2)NCc1ccc2c(c1)OCO2. The molecule has 0 atom stereocenters. The molecule has 2 aliphatic rings. The van der Waals surface area contributed by atoms with Gasteiger partial charge in [0.25, 0.3) is 0 Å². The van der Waals surface area contributed by atoms with E-state index in [4.69, 9.17) is 18.9 Å². The second kappa shape index (κ2) is 8.21. The van der Waals surface area contributed by atoms with Gasteiger partial charge >= 0.3 is 0 Å². The maximum Gasteiger partial charge on any atom is 0.231 e. The normalized spacial score (nSPS) is 14.3. The van der Waals surface area contributed by atoms with E-state index >= 15 is 0 Å². The average Bonchev–Trinajstić information content (AvgIpc) is 3.06. The topological polar surface area (TPSA) is 83.1 Å². The van der Waals surface area contributed by atoms with E-state index in [1.54, 1.807) is 18.2 Å². The summed E-state index contributed by atoms with van der Waals surface area (Å²) in [6, 6.07) is 10.7. The average molecular weight is 383 g/mol. The van der Waals surface area contributed by atoms with E-state index in [2.05, 4.69) is 5.32 Å². The van der Waals surface area contributed by atoms with Crippen LogP contribution in [0.25, 0.3) is 0 Å². The number of fused-ring (bicyclic) bond motifs is 2. The van der Waals surface area contributed by atoms with Gasteiger partial charge in [0.1, 0.15) is 0 Å². The summed E-state index contributed by atoms with van der Waals surface area (Å²) in [5.41, 5.74) is 1.43.